The summed E-state index contributed by atoms with van der Waals surface area (Å²) in [5, 5.41) is 0. The summed E-state index contributed by atoms with van der Waals surface area (Å²) in [6.45, 7) is 0. The Morgan fingerprint density at radius 1 is 0.333 bits per heavy atom. The Balaban J connectivity index is 2.00. The molecule has 0 aromatic heterocycles. The third-order valence-corrected chi connectivity index (χ3v) is 1090. The van der Waals surface area contributed by atoms with Gasteiger partial charge in [-0.05, 0) is 0 Å². The van der Waals surface area contributed by atoms with Gasteiger partial charge in [-0.2, -0.15) is 0 Å². The molecule has 0 nitrogen and oxygen atoms in total. The van der Waals surface area contributed by atoms with Gasteiger partial charge in [0.05, 0.1) is 0 Å². The van der Waals surface area contributed by atoms with E-state index >= 15 is 0 Å². The molecule has 1 aliphatic rings. The molecule has 0 spiro atoms. The van der Waals surface area contributed by atoms with E-state index in [9.17, 15) is 0 Å². The van der Waals surface area contributed by atoms with Gasteiger partial charge in [0.2, 0.25) is 0 Å². The Bertz CT molecular complexity index is 15.5. The summed E-state index contributed by atoms with van der Waals surface area (Å²) in [7, 11) is 0. The predicted octanol–water partition coefficient (Wildman–Crippen LogP) is -5.50. The van der Waals surface area contributed by atoms with Crippen LogP contribution in [0.1, 0.15) is 0 Å². The van der Waals surface area contributed by atoms with Gasteiger partial charge < -0.3 is 0 Å². The molecule has 0 N–H and O–H groups in total. The van der Waals surface area contributed by atoms with E-state index in [1.165, 1.54) is 0 Å². The second-order valence-corrected chi connectivity index (χ2v) is 298. The van der Waals surface area contributed by atoms with E-state index in [0.29, 0.717) is 0 Å². The Labute approximate surface area is 67.3 Å². The van der Waals surface area contributed by atoms with Crippen LogP contribution in [0, 0.1) is 0 Å². The zero-order chi connectivity index (χ0) is 4.24. The maximum atomic E-state index is 0.750. The van der Waals surface area contributed by atoms with Crippen LogP contribution in [0.25, 0.3) is 0 Å². The van der Waals surface area contributed by atoms with Gasteiger partial charge in [-0.25, -0.2) is 0 Å². The Morgan fingerprint density at radius 3 is 0.667 bits per heavy atom. The molecule has 1 fully saturated rings. The van der Waals surface area contributed by atoms with Crippen LogP contribution in [-0.4, -0.2) is 69.0 Å². The average Bonchev–Trinajstić information content (AvgIpc) is 1.72. The van der Waals surface area contributed by atoms with Crippen LogP contribution < -0.4 is 0 Å². The number of hydrogen-bond acceptors (Lipinski definition) is 0. The Kier molecular flexibility index (Phi) is 6.23. The van der Waals surface area contributed by atoms with E-state index in [4.69, 9.17) is 0 Å². The summed E-state index contributed by atoms with van der Waals surface area (Å²) < 4.78 is 0. The topological polar surface area (TPSA) is 0 Å². The van der Waals surface area contributed by atoms with Crippen LogP contribution in [0.3, 0.4) is 0 Å². The summed E-state index contributed by atoms with van der Waals surface area (Å²) >= 11 is 4.50. The molecule has 36 valence electrons. The third-order valence-electron chi connectivity index (χ3n) is 1.50. The van der Waals surface area contributed by atoms with Crippen molar-refractivity contribution in [1.82, 2.24) is 0 Å². The Hall–Kier alpha value is 3.26. The minimum absolute atomic E-state index is 0.750. The maximum absolute atomic E-state index is 0.750. The molecule has 0 aliphatic carbocycles. The molecule has 0 aromatic carbocycles. The van der Waals surface area contributed by atoms with Gasteiger partial charge in [0, 0.05) is 0 Å². The van der Waals surface area contributed by atoms with E-state index < -0.39 is 0 Å². The van der Waals surface area contributed by atoms with E-state index in [2.05, 4.69) is 0 Å². The fourth-order valence-corrected chi connectivity index (χ4v) is 4020. The average molecular weight is 448 g/mol. The summed E-state index contributed by atoms with van der Waals surface area (Å²) in [5.74, 6) is 0. The van der Waals surface area contributed by atoms with Crippen molar-refractivity contribution in [1.29, 1.82) is 0 Å². The molecule has 1 heterocycles. The first-order valence-electron chi connectivity index (χ1n) is 3.00. The summed E-state index contributed by atoms with van der Waals surface area (Å²) in [4.78, 5) is 0. The van der Waals surface area contributed by atoms with Crippen molar-refractivity contribution in [2.24, 2.45) is 0 Å². The van der Waals surface area contributed by atoms with Crippen molar-refractivity contribution in [3.05, 3.63) is 0 Å². The van der Waals surface area contributed by atoms with Gasteiger partial charge in [-0.15, -0.1) is 0 Å². The van der Waals surface area contributed by atoms with Crippen molar-refractivity contribution >= 4 is 69.0 Å². The van der Waals surface area contributed by atoms with Gasteiger partial charge in [-0.1, -0.05) is 0 Å². The van der Waals surface area contributed by atoms with Crippen LogP contribution in [0.2, 0.25) is 0 Å². The molecule has 6 heteroatoms. The Morgan fingerprint density at radius 2 is 0.500 bits per heavy atom. The zero-order valence-electron chi connectivity index (χ0n) is 4.24. The van der Waals surface area contributed by atoms with E-state index in [1.54, 1.807) is 0 Å². The molecule has 0 radical (unpaired) electrons. The second kappa shape index (κ2) is 5.07. The molecule has 0 saturated carbocycles. The normalized spacial score (nSPS) is 48.0. The molecule has 1 aliphatic heterocycles. The molecule has 0 unspecified atom stereocenters. The standard InChI is InChI=1S/Ge6H12/c1-2-4-6-5-3-1/h1-6H2. The SMILES string of the molecule is [GeH2]1[GeH2][GeH2][GeH2][GeH2][GeH2]1. The molecule has 0 aromatic rings. The first-order valence-corrected chi connectivity index (χ1v) is 81.0. The van der Waals surface area contributed by atoms with Gasteiger partial charge >= 0.3 is 69.0 Å². The molecule has 1 saturated heterocycles. The molecular formula is H12Ge6. The van der Waals surface area contributed by atoms with Gasteiger partial charge in [0.15, 0.2) is 0 Å². The summed E-state index contributed by atoms with van der Waals surface area (Å²) in [6.07, 6.45) is 0. The summed E-state index contributed by atoms with van der Waals surface area (Å²) in [5.41, 5.74) is 0. The molecule has 0 bridgehead atoms. The van der Waals surface area contributed by atoms with Crippen molar-refractivity contribution in [2.45, 2.75) is 0 Å². The fraction of sp³-hybridized carbons (Fsp3) is 0. The van der Waals surface area contributed by atoms with Crippen LogP contribution in [0.4, 0.5) is 0 Å². The number of hydrogen-bond donors (Lipinski definition) is 0. The van der Waals surface area contributed by atoms with Crippen molar-refractivity contribution in [3.63, 3.8) is 0 Å². The molecular weight excluding hydrogens is 436 g/mol. The van der Waals surface area contributed by atoms with Crippen molar-refractivity contribution in [3.8, 4) is 0 Å². The third kappa shape index (κ3) is 3.32. The predicted molar refractivity (Wildman–Crippen MR) is 51.3 cm³/mol. The fourth-order valence-electron chi connectivity index (χ4n) is 1.06. The van der Waals surface area contributed by atoms with E-state index in [0.717, 1.165) is 69.0 Å². The van der Waals surface area contributed by atoms with Crippen molar-refractivity contribution in [2.75, 3.05) is 0 Å². The number of rotatable bonds is 0. The first-order chi connectivity index (χ1) is 3.00. The van der Waals surface area contributed by atoms with E-state index in [1.807, 2.05) is 0 Å². The molecule has 0 amide bonds. The molecule has 1 rings (SSSR count). The van der Waals surface area contributed by atoms with Crippen LogP contribution in [0.5, 0.6) is 0 Å². The first kappa shape index (κ1) is 7.37. The molecule has 0 atom stereocenters. The minimum atomic E-state index is 0.750. The van der Waals surface area contributed by atoms with Crippen LogP contribution >= 0.6 is 0 Å². The summed E-state index contributed by atoms with van der Waals surface area (Å²) in [6, 6.07) is 0. The monoisotopic (exact) mass is 456 g/mol. The van der Waals surface area contributed by atoms with Gasteiger partial charge in [0.25, 0.3) is 0 Å². The second-order valence-electron chi connectivity index (χ2n) is 2.12. The van der Waals surface area contributed by atoms with Gasteiger partial charge in [-0.3, -0.25) is 0 Å². The molecule has 6 heavy (non-hydrogen) atoms. The van der Waals surface area contributed by atoms with E-state index in [-0.39, 0.29) is 0 Å². The van der Waals surface area contributed by atoms with Gasteiger partial charge in [0.1, 0.15) is 0 Å². The van der Waals surface area contributed by atoms with Crippen LogP contribution in [-0.2, 0) is 0 Å². The van der Waals surface area contributed by atoms with Crippen LogP contribution in [0.15, 0.2) is 0 Å². The zero-order valence-corrected chi connectivity index (χ0v) is 22.0. The quantitative estimate of drug-likeness (QED) is 0.325. The van der Waals surface area contributed by atoms with Crippen molar-refractivity contribution < 1.29 is 0 Å².